The summed E-state index contributed by atoms with van der Waals surface area (Å²) >= 11 is 1.52. The van der Waals surface area contributed by atoms with Gasteiger partial charge in [0.15, 0.2) is 11.8 Å². The predicted molar refractivity (Wildman–Crippen MR) is 122 cm³/mol. The molecule has 2 aromatic carbocycles. The smallest absolute Gasteiger partial charge is 0.278 e. The van der Waals surface area contributed by atoms with Crippen LogP contribution >= 0.6 is 11.8 Å². The van der Waals surface area contributed by atoms with Crippen LogP contribution < -0.4 is 10.2 Å². The Morgan fingerprint density at radius 1 is 1.16 bits per heavy atom. The van der Waals surface area contributed by atoms with Gasteiger partial charge in [0.25, 0.3) is 5.91 Å². The first-order chi connectivity index (χ1) is 15.2. The number of H-pyrrole nitrogens is 1. The molecule has 0 saturated carbocycles. The molecule has 0 radical (unpaired) electrons. The number of aryl methyl sites for hydroxylation is 1. The number of hydrazone groups is 1. The zero-order valence-electron chi connectivity index (χ0n) is 16.9. The molecule has 0 aliphatic heterocycles. The maximum Gasteiger partial charge on any atom is 0.278 e. The molecule has 2 heterocycles. The van der Waals surface area contributed by atoms with Gasteiger partial charge in [-0.1, -0.05) is 60.3 Å². The van der Waals surface area contributed by atoms with E-state index in [0.717, 1.165) is 27.9 Å². The first-order valence-electron chi connectivity index (χ1n) is 9.70. The summed E-state index contributed by atoms with van der Waals surface area (Å²) < 4.78 is 5.54. The van der Waals surface area contributed by atoms with Crippen molar-refractivity contribution in [2.45, 2.75) is 17.8 Å². The Bertz CT molecular complexity index is 1210. The van der Waals surface area contributed by atoms with Crippen LogP contribution in [0.3, 0.4) is 0 Å². The van der Waals surface area contributed by atoms with Crippen molar-refractivity contribution in [2.75, 3.05) is 6.61 Å². The average Bonchev–Trinajstić information content (AvgIpc) is 3.20. The monoisotopic (exact) mass is 431 g/mol. The Morgan fingerprint density at radius 3 is 2.84 bits per heavy atom. The van der Waals surface area contributed by atoms with Crippen molar-refractivity contribution in [3.05, 3.63) is 83.7 Å². The van der Waals surface area contributed by atoms with Crippen LogP contribution in [0, 0.1) is 6.92 Å². The van der Waals surface area contributed by atoms with Gasteiger partial charge in [0.2, 0.25) is 5.88 Å². The molecule has 2 aromatic heterocycles. The van der Waals surface area contributed by atoms with Gasteiger partial charge in [-0.2, -0.15) is 10.1 Å². The van der Waals surface area contributed by atoms with E-state index in [2.05, 4.69) is 37.6 Å². The van der Waals surface area contributed by atoms with E-state index in [1.165, 1.54) is 17.3 Å². The van der Waals surface area contributed by atoms with E-state index in [-0.39, 0.29) is 12.5 Å². The molecule has 0 aliphatic carbocycles. The number of benzene rings is 2. The van der Waals surface area contributed by atoms with E-state index < -0.39 is 0 Å². The molecule has 1 amide bonds. The standard InChI is InChI=1S/C23H21N5O2S/c1-16-11-22(27-23(26-16)31-15-17-7-3-2-4-8-17)30-14-21(29)28-25-13-18-12-24-20-10-6-5-9-19(18)20/h2-13,24H,14-15H2,1H3,(H,28,29)/b25-13+. The van der Waals surface area contributed by atoms with Crippen molar-refractivity contribution in [3.63, 3.8) is 0 Å². The number of carbonyl (C=O) groups excluding carboxylic acids is 1. The van der Waals surface area contributed by atoms with Gasteiger partial charge in [-0.05, 0) is 18.6 Å². The highest BCUT2D eigenvalue weighted by Gasteiger charge is 2.07. The minimum atomic E-state index is -0.370. The number of hydrogen-bond donors (Lipinski definition) is 2. The average molecular weight is 432 g/mol. The predicted octanol–water partition coefficient (Wildman–Crippen LogP) is 4.09. The zero-order valence-corrected chi connectivity index (χ0v) is 17.7. The molecule has 2 N–H and O–H groups in total. The van der Waals surface area contributed by atoms with E-state index >= 15 is 0 Å². The molecule has 156 valence electrons. The van der Waals surface area contributed by atoms with Gasteiger partial charge < -0.3 is 9.72 Å². The summed E-state index contributed by atoms with van der Waals surface area (Å²) in [6, 6.07) is 19.7. The number of thioether (sulfide) groups is 1. The first kappa shape index (κ1) is 20.6. The van der Waals surface area contributed by atoms with E-state index in [0.29, 0.717) is 11.0 Å². The summed E-state index contributed by atoms with van der Waals surface area (Å²) in [6.07, 6.45) is 3.44. The molecular formula is C23H21N5O2S. The molecular weight excluding hydrogens is 410 g/mol. The Labute approximate surface area is 184 Å². The van der Waals surface area contributed by atoms with Crippen LogP contribution in [0.1, 0.15) is 16.8 Å². The maximum absolute atomic E-state index is 12.1. The molecule has 0 atom stereocenters. The van der Waals surface area contributed by atoms with Gasteiger partial charge in [0.1, 0.15) is 0 Å². The number of fused-ring (bicyclic) bond motifs is 1. The normalized spacial score (nSPS) is 11.1. The Hall–Kier alpha value is -3.65. The summed E-state index contributed by atoms with van der Waals surface area (Å²) in [5, 5.41) is 5.66. The molecule has 0 saturated heterocycles. The highest BCUT2D eigenvalue weighted by molar-refractivity contribution is 7.98. The van der Waals surface area contributed by atoms with Crippen molar-refractivity contribution in [1.29, 1.82) is 0 Å². The van der Waals surface area contributed by atoms with Crippen molar-refractivity contribution in [2.24, 2.45) is 5.10 Å². The van der Waals surface area contributed by atoms with Crippen molar-refractivity contribution >= 4 is 34.8 Å². The Kier molecular flexibility index (Phi) is 6.59. The lowest BCUT2D eigenvalue weighted by atomic mass is 10.2. The molecule has 8 heteroatoms. The number of nitrogens with zero attached hydrogens (tertiary/aromatic N) is 3. The number of hydrogen-bond acceptors (Lipinski definition) is 6. The van der Waals surface area contributed by atoms with E-state index in [9.17, 15) is 4.79 Å². The first-order valence-corrected chi connectivity index (χ1v) is 10.7. The van der Waals surface area contributed by atoms with E-state index in [4.69, 9.17) is 4.74 Å². The minimum absolute atomic E-state index is 0.190. The summed E-state index contributed by atoms with van der Waals surface area (Å²) in [5.41, 5.74) is 6.34. The second kappa shape index (κ2) is 9.90. The van der Waals surface area contributed by atoms with Crippen LogP contribution in [0.25, 0.3) is 10.9 Å². The van der Waals surface area contributed by atoms with Gasteiger partial charge in [-0.25, -0.2) is 10.4 Å². The van der Waals surface area contributed by atoms with Crippen molar-refractivity contribution in [1.82, 2.24) is 20.4 Å². The Balaban J connectivity index is 1.30. The quantitative estimate of drug-likeness (QED) is 0.190. The lowest BCUT2D eigenvalue weighted by Crippen LogP contribution is -2.24. The summed E-state index contributed by atoms with van der Waals surface area (Å²) in [7, 11) is 0. The molecule has 7 nitrogen and oxygen atoms in total. The third kappa shape index (κ3) is 5.70. The summed E-state index contributed by atoms with van der Waals surface area (Å²) in [4.78, 5) is 24.0. The van der Waals surface area contributed by atoms with Gasteiger partial charge in [0, 0.05) is 40.2 Å². The number of para-hydroxylation sites is 1. The van der Waals surface area contributed by atoms with Crippen LogP contribution in [0.4, 0.5) is 0 Å². The van der Waals surface area contributed by atoms with E-state index in [1.54, 1.807) is 12.3 Å². The van der Waals surface area contributed by atoms with Crippen LogP contribution in [0.2, 0.25) is 0 Å². The van der Waals surface area contributed by atoms with E-state index in [1.807, 2.05) is 55.6 Å². The van der Waals surface area contributed by atoms with Crippen LogP contribution in [-0.2, 0) is 10.5 Å². The maximum atomic E-state index is 12.1. The topological polar surface area (TPSA) is 92.3 Å². The fourth-order valence-electron chi connectivity index (χ4n) is 2.92. The third-order valence-corrected chi connectivity index (χ3v) is 5.30. The van der Waals surface area contributed by atoms with Gasteiger partial charge >= 0.3 is 0 Å². The molecule has 31 heavy (non-hydrogen) atoms. The molecule has 0 unspecified atom stereocenters. The van der Waals surface area contributed by atoms with Gasteiger partial charge in [0.05, 0.1) is 6.21 Å². The zero-order chi connectivity index (χ0) is 21.5. The Morgan fingerprint density at radius 2 is 1.97 bits per heavy atom. The summed E-state index contributed by atoms with van der Waals surface area (Å²) in [5.74, 6) is 0.747. The largest absolute Gasteiger partial charge is 0.467 e. The number of aromatic nitrogens is 3. The number of ether oxygens (including phenoxy) is 1. The molecule has 0 aliphatic rings. The second-order valence-electron chi connectivity index (χ2n) is 6.78. The van der Waals surface area contributed by atoms with Crippen molar-refractivity contribution < 1.29 is 9.53 Å². The van der Waals surface area contributed by atoms with Crippen molar-refractivity contribution in [3.8, 4) is 5.88 Å². The van der Waals surface area contributed by atoms with Gasteiger partial charge in [-0.3, -0.25) is 4.79 Å². The lowest BCUT2D eigenvalue weighted by molar-refractivity contribution is -0.123. The molecule has 0 spiro atoms. The molecule has 0 fully saturated rings. The highest BCUT2D eigenvalue weighted by atomic mass is 32.2. The number of amides is 1. The minimum Gasteiger partial charge on any atom is -0.467 e. The number of carbonyl (C=O) groups is 1. The highest BCUT2D eigenvalue weighted by Crippen LogP contribution is 2.22. The molecule has 4 rings (SSSR count). The van der Waals surface area contributed by atoms with Crippen LogP contribution in [0.5, 0.6) is 5.88 Å². The number of aromatic amines is 1. The number of rotatable bonds is 8. The van der Waals surface area contributed by atoms with Crippen LogP contribution in [-0.4, -0.2) is 33.7 Å². The van der Waals surface area contributed by atoms with Gasteiger partial charge in [-0.15, -0.1) is 0 Å². The van der Waals surface area contributed by atoms with Crippen LogP contribution in [0.15, 0.2) is 77.1 Å². The fraction of sp³-hybridized carbons (Fsp3) is 0.130. The fourth-order valence-corrected chi connectivity index (χ4v) is 3.77. The SMILES string of the molecule is Cc1cc(OCC(=O)N/N=C/c2c[nH]c3ccccc23)nc(SCc2ccccc2)n1. The second-order valence-corrected chi connectivity index (χ2v) is 7.72. The lowest BCUT2D eigenvalue weighted by Gasteiger charge is -2.07. The third-order valence-electron chi connectivity index (χ3n) is 4.39. The number of nitrogens with one attached hydrogen (secondary N) is 2. The molecule has 0 bridgehead atoms. The molecule has 4 aromatic rings. The summed E-state index contributed by atoms with van der Waals surface area (Å²) in [6.45, 7) is 1.68.